The van der Waals surface area contributed by atoms with Crippen LogP contribution in [0.2, 0.25) is 0 Å². The topological polar surface area (TPSA) is 109 Å². The van der Waals surface area contributed by atoms with Gasteiger partial charge in [-0.15, -0.1) is 0 Å². The van der Waals surface area contributed by atoms with Gasteiger partial charge in [-0.05, 0) is 190 Å². The molecule has 366 valence electrons. The zero-order valence-electron chi connectivity index (χ0n) is 41.8. The van der Waals surface area contributed by atoms with Crippen LogP contribution in [0.5, 0.6) is 0 Å². The Kier molecular flexibility index (Phi) is 19.9. The number of carbonyl (C=O) groups excluding carboxylic acids is 3. The van der Waals surface area contributed by atoms with Gasteiger partial charge in [-0.25, -0.2) is 22.4 Å². The highest BCUT2D eigenvalue weighted by Crippen LogP contribution is 2.38. The lowest BCUT2D eigenvalue weighted by molar-refractivity contribution is -0.144. The van der Waals surface area contributed by atoms with E-state index in [1.807, 2.05) is 48.5 Å². The van der Waals surface area contributed by atoms with Crippen molar-refractivity contribution < 1.29 is 55.5 Å². The highest BCUT2D eigenvalue weighted by Gasteiger charge is 2.52. The number of ether oxygens (including phenoxy) is 3. The largest absolute Gasteiger partial charge is 0.494 e. The molecular formula is C52H67BBrF4NO8. The summed E-state index contributed by atoms with van der Waals surface area (Å²) in [7, 11) is -0.558. The number of amides is 1. The van der Waals surface area contributed by atoms with E-state index in [-0.39, 0.29) is 54.4 Å². The molecule has 4 aromatic carbocycles. The first-order chi connectivity index (χ1) is 30.9. The van der Waals surface area contributed by atoms with Gasteiger partial charge in [0, 0.05) is 10.0 Å². The lowest BCUT2D eigenvalue weighted by atomic mass is 9.76. The molecule has 0 bridgehead atoms. The quantitative estimate of drug-likeness (QED) is 0.0685. The Morgan fingerprint density at radius 2 is 1.19 bits per heavy atom. The van der Waals surface area contributed by atoms with Gasteiger partial charge in [0.15, 0.2) is 0 Å². The van der Waals surface area contributed by atoms with Gasteiger partial charge >= 0.3 is 25.2 Å². The number of halogens is 5. The molecule has 0 aromatic heterocycles. The first kappa shape index (κ1) is 56.6. The zero-order chi connectivity index (χ0) is 50.9. The summed E-state index contributed by atoms with van der Waals surface area (Å²) in [5.74, 6) is -2.59. The maximum atomic E-state index is 15.2. The Labute approximate surface area is 403 Å². The molecule has 1 aliphatic rings. The van der Waals surface area contributed by atoms with E-state index in [0.29, 0.717) is 45.6 Å². The average Bonchev–Trinajstić information content (AvgIpc) is 3.44. The fourth-order valence-electron chi connectivity index (χ4n) is 7.21. The maximum absolute atomic E-state index is 15.2. The first-order valence-electron chi connectivity index (χ1n) is 22.4. The Morgan fingerprint density at radius 3 is 1.72 bits per heavy atom. The Morgan fingerprint density at radius 1 is 0.701 bits per heavy atom. The highest BCUT2D eigenvalue weighted by atomic mass is 79.9. The minimum Gasteiger partial charge on any atom is -0.466 e. The molecule has 1 amide bonds. The normalized spacial score (nSPS) is 14.7. The third kappa shape index (κ3) is 15.1. The summed E-state index contributed by atoms with van der Waals surface area (Å²) in [6.07, 6.45) is -0.933. The zero-order valence-corrected chi connectivity index (χ0v) is 43.4. The number of hydrogen-bond donors (Lipinski definition) is 1. The van der Waals surface area contributed by atoms with E-state index in [1.54, 1.807) is 98.7 Å². The van der Waals surface area contributed by atoms with Crippen molar-refractivity contribution in [3.05, 3.63) is 121 Å². The van der Waals surface area contributed by atoms with Crippen molar-refractivity contribution in [3.63, 3.8) is 0 Å². The van der Waals surface area contributed by atoms with Gasteiger partial charge in [0.1, 0.15) is 28.9 Å². The van der Waals surface area contributed by atoms with Gasteiger partial charge in [0.05, 0.1) is 43.3 Å². The summed E-state index contributed by atoms with van der Waals surface area (Å²) >= 11 is 3.29. The Balaban J connectivity index is 0.000000300. The second kappa shape index (κ2) is 23.5. The second-order valence-corrected chi connectivity index (χ2v) is 19.6. The fourth-order valence-corrected chi connectivity index (χ4v) is 7.53. The predicted molar refractivity (Wildman–Crippen MR) is 259 cm³/mol. The molecule has 1 aliphatic heterocycles. The summed E-state index contributed by atoms with van der Waals surface area (Å²) in [6.45, 7) is 29.2. The SMILES string of the molecule is CCOC(=O)C[C@H](C)c1cc(B2OC(C)(C)C(C)(C)O2)cc(C)c1F.CCOC(=O)C[C@H](NC(=O)OC(C)(C)C)c1cc(-c2c(C)ccc(F)c2C)cc(C)c1F.Cc1ccc(F)c(C)c1Br. The molecule has 0 radical (unpaired) electrons. The monoisotopic (exact) mass is 999 g/mol. The van der Waals surface area contributed by atoms with Gasteiger partial charge in [-0.2, -0.15) is 0 Å². The molecule has 1 heterocycles. The number of esters is 2. The molecule has 4 aromatic rings. The average molecular weight is 1000 g/mol. The van der Waals surface area contributed by atoms with Crippen molar-refractivity contribution in [2.75, 3.05) is 13.2 Å². The van der Waals surface area contributed by atoms with Crippen LogP contribution in [-0.4, -0.2) is 55.2 Å². The second-order valence-electron chi connectivity index (χ2n) is 18.8. The smallest absolute Gasteiger partial charge is 0.466 e. The third-order valence-corrected chi connectivity index (χ3v) is 12.8. The number of rotatable bonds is 11. The van der Waals surface area contributed by atoms with E-state index in [1.165, 1.54) is 12.1 Å². The van der Waals surface area contributed by atoms with E-state index in [9.17, 15) is 27.6 Å². The van der Waals surface area contributed by atoms with E-state index >= 15 is 4.39 Å². The van der Waals surface area contributed by atoms with Gasteiger partial charge in [-0.1, -0.05) is 47.1 Å². The summed E-state index contributed by atoms with van der Waals surface area (Å²) in [5.41, 5.74) is 4.71. The summed E-state index contributed by atoms with van der Waals surface area (Å²) in [4.78, 5) is 36.4. The van der Waals surface area contributed by atoms with Crippen molar-refractivity contribution in [2.45, 2.75) is 152 Å². The number of hydrogen-bond acceptors (Lipinski definition) is 8. The van der Waals surface area contributed by atoms with Crippen LogP contribution in [-0.2, 0) is 33.1 Å². The molecule has 0 spiro atoms. The van der Waals surface area contributed by atoms with Crippen LogP contribution in [0.4, 0.5) is 22.4 Å². The van der Waals surface area contributed by atoms with E-state index in [0.717, 1.165) is 21.1 Å². The number of aryl methyl sites for hydroxylation is 4. The molecule has 9 nitrogen and oxygen atoms in total. The molecule has 5 rings (SSSR count). The van der Waals surface area contributed by atoms with Crippen LogP contribution < -0.4 is 10.8 Å². The molecule has 0 saturated carbocycles. The molecule has 2 atom stereocenters. The summed E-state index contributed by atoms with van der Waals surface area (Å²) in [5, 5.41) is 2.59. The van der Waals surface area contributed by atoms with Crippen molar-refractivity contribution in [1.29, 1.82) is 0 Å². The number of carbonyl (C=O) groups is 3. The van der Waals surface area contributed by atoms with Gasteiger partial charge in [-0.3, -0.25) is 9.59 Å². The molecule has 0 aliphatic carbocycles. The highest BCUT2D eigenvalue weighted by molar-refractivity contribution is 9.10. The van der Waals surface area contributed by atoms with Gasteiger partial charge in [0.25, 0.3) is 0 Å². The molecule has 0 unspecified atom stereocenters. The van der Waals surface area contributed by atoms with Crippen LogP contribution in [0.15, 0.2) is 53.0 Å². The molecular weight excluding hydrogens is 933 g/mol. The van der Waals surface area contributed by atoms with Crippen LogP contribution in [0.3, 0.4) is 0 Å². The van der Waals surface area contributed by atoms with Crippen LogP contribution >= 0.6 is 15.9 Å². The number of alkyl carbamates (subject to hydrolysis) is 1. The third-order valence-electron chi connectivity index (χ3n) is 11.6. The summed E-state index contributed by atoms with van der Waals surface area (Å²) < 4.78 is 85.1. The van der Waals surface area contributed by atoms with Crippen molar-refractivity contribution in [2.24, 2.45) is 0 Å². The number of nitrogens with one attached hydrogen (secondary N) is 1. The lowest BCUT2D eigenvalue weighted by Crippen LogP contribution is -2.41. The summed E-state index contributed by atoms with van der Waals surface area (Å²) in [6, 6.07) is 11.9. The molecule has 1 saturated heterocycles. The van der Waals surface area contributed by atoms with Gasteiger partial charge in [0.2, 0.25) is 0 Å². The molecule has 1 N–H and O–H groups in total. The van der Waals surface area contributed by atoms with Crippen molar-refractivity contribution in [3.8, 4) is 11.1 Å². The van der Waals surface area contributed by atoms with Crippen molar-refractivity contribution in [1.82, 2.24) is 5.32 Å². The standard InChI is InChI=1S/C25H31F2NO4.C19H28BFO4.C8H8BrF/c1-8-31-21(29)13-20(28-24(30)32-25(5,6)7)18-12-17(11-15(3)23(18)27)22-14(2)9-10-19(26)16(22)4;1-8-23-16(22)10-12(2)15-11-14(9-13(3)17(15)21)20-24-18(4,5)19(6,7)25-20;1-5-3-4-7(10)6(2)8(5)9/h9-12,20H,8,13H2,1-7H3,(H,28,30);9,11-12H,8,10H2,1-7H3;3-4H,1-2H3/t20-;12-;/m00./s1. The maximum Gasteiger partial charge on any atom is 0.494 e. The van der Waals surface area contributed by atoms with Crippen molar-refractivity contribution >= 4 is 46.5 Å². The Bertz CT molecular complexity index is 2380. The lowest BCUT2D eigenvalue weighted by Gasteiger charge is -2.32. The first-order valence-corrected chi connectivity index (χ1v) is 23.2. The van der Waals surface area contributed by atoms with E-state index in [4.69, 9.17) is 23.5 Å². The molecule has 67 heavy (non-hydrogen) atoms. The predicted octanol–water partition coefficient (Wildman–Crippen LogP) is 12.8. The van der Waals surface area contributed by atoms with E-state index in [2.05, 4.69) is 21.2 Å². The van der Waals surface area contributed by atoms with Crippen LogP contribution in [0.1, 0.15) is 139 Å². The van der Waals surface area contributed by atoms with Gasteiger partial charge < -0.3 is 28.8 Å². The van der Waals surface area contributed by atoms with Crippen LogP contribution in [0.25, 0.3) is 11.1 Å². The molecule has 1 fully saturated rings. The van der Waals surface area contributed by atoms with Crippen LogP contribution in [0, 0.1) is 64.8 Å². The molecule has 15 heteroatoms. The number of benzene rings is 4. The Hall–Kier alpha value is -4.73. The van der Waals surface area contributed by atoms with E-state index < -0.39 is 47.8 Å². The minimum atomic E-state index is -1.03. The minimum absolute atomic E-state index is 0.0990. The fraction of sp³-hybridized carbons (Fsp3) is 0.481.